The van der Waals surface area contributed by atoms with Crippen molar-refractivity contribution in [2.45, 2.75) is 26.2 Å². The molecule has 9 nitrogen and oxygen atoms in total. The van der Waals surface area contributed by atoms with Gasteiger partial charge in [0.2, 0.25) is 0 Å². The summed E-state index contributed by atoms with van der Waals surface area (Å²) < 4.78 is 10.4. The fraction of sp³-hybridized carbons (Fsp3) is 0.476. The smallest absolute Gasteiger partial charge is 0.336 e. The SMILES string of the molecule is COC(=O)C1C(C)=NC(C)=C(C(=O)OCCCN(C)C)C1c1ccc([N+](=O)[O-])cc1. The van der Waals surface area contributed by atoms with Gasteiger partial charge in [-0.1, -0.05) is 12.1 Å². The van der Waals surface area contributed by atoms with Crippen molar-refractivity contribution < 1.29 is 24.0 Å². The van der Waals surface area contributed by atoms with Gasteiger partial charge < -0.3 is 14.4 Å². The molecule has 0 saturated carbocycles. The van der Waals surface area contributed by atoms with Gasteiger partial charge in [-0.25, -0.2) is 4.79 Å². The number of hydrogen-bond donors (Lipinski definition) is 0. The Morgan fingerprint density at radius 2 is 1.83 bits per heavy atom. The summed E-state index contributed by atoms with van der Waals surface area (Å²) in [5, 5.41) is 11.0. The second kappa shape index (κ2) is 10.1. The largest absolute Gasteiger partial charge is 0.468 e. The highest BCUT2D eigenvalue weighted by atomic mass is 16.6. The first-order chi connectivity index (χ1) is 14.2. The van der Waals surface area contributed by atoms with E-state index in [1.54, 1.807) is 26.0 Å². The van der Waals surface area contributed by atoms with Crippen LogP contribution in [0.3, 0.4) is 0 Å². The monoisotopic (exact) mass is 417 g/mol. The Kier molecular flexibility index (Phi) is 7.82. The van der Waals surface area contributed by atoms with Crippen LogP contribution in [0, 0.1) is 16.0 Å². The van der Waals surface area contributed by atoms with Gasteiger partial charge in [0, 0.05) is 36.0 Å². The van der Waals surface area contributed by atoms with Gasteiger partial charge in [0.15, 0.2) is 0 Å². The first-order valence-electron chi connectivity index (χ1n) is 9.57. The lowest BCUT2D eigenvalue weighted by Gasteiger charge is -2.31. The molecular weight excluding hydrogens is 390 g/mol. The van der Waals surface area contributed by atoms with E-state index in [1.807, 2.05) is 19.0 Å². The molecule has 9 heteroatoms. The highest BCUT2D eigenvalue weighted by molar-refractivity contribution is 6.06. The van der Waals surface area contributed by atoms with Crippen LogP contribution in [0.2, 0.25) is 0 Å². The number of methoxy groups -OCH3 is 1. The third-order valence-corrected chi connectivity index (χ3v) is 4.95. The van der Waals surface area contributed by atoms with Gasteiger partial charge in [0.1, 0.15) is 5.92 Å². The van der Waals surface area contributed by atoms with E-state index in [0.29, 0.717) is 23.4 Å². The Hall–Kier alpha value is -3.07. The maximum Gasteiger partial charge on any atom is 0.336 e. The first kappa shape index (κ1) is 23.2. The van der Waals surface area contributed by atoms with E-state index in [-0.39, 0.29) is 17.9 Å². The number of benzene rings is 1. The lowest BCUT2D eigenvalue weighted by atomic mass is 9.75. The predicted octanol–water partition coefficient (Wildman–Crippen LogP) is 2.71. The Morgan fingerprint density at radius 1 is 1.20 bits per heavy atom. The molecule has 2 rings (SSSR count). The molecule has 0 aromatic heterocycles. The van der Waals surface area contributed by atoms with Crippen molar-refractivity contribution >= 4 is 23.3 Å². The molecule has 0 amide bonds. The molecule has 0 spiro atoms. The van der Waals surface area contributed by atoms with Crippen molar-refractivity contribution in [2.75, 3.05) is 34.4 Å². The molecule has 2 unspecified atom stereocenters. The number of ether oxygens (including phenoxy) is 2. The van der Waals surface area contributed by atoms with Crippen LogP contribution >= 0.6 is 0 Å². The van der Waals surface area contributed by atoms with E-state index < -0.39 is 28.7 Å². The number of esters is 2. The van der Waals surface area contributed by atoms with Crippen LogP contribution < -0.4 is 0 Å². The normalized spacial score (nSPS) is 18.8. The van der Waals surface area contributed by atoms with Crippen LogP contribution in [-0.4, -0.2) is 61.8 Å². The summed E-state index contributed by atoms with van der Waals surface area (Å²) in [6.07, 6.45) is 0.663. The van der Waals surface area contributed by atoms with Crippen molar-refractivity contribution in [3.8, 4) is 0 Å². The van der Waals surface area contributed by atoms with Crippen molar-refractivity contribution in [2.24, 2.45) is 10.9 Å². The molecule has 1 aromatic carbocycles. The van der Waals surface area contributed by atoms with Crippen LogP contribution in [0.5, 0.6) is 0 Å². The summed E-state index contributed by atoms with van der Waals surface area (Å²) in [6.45, 7) is 4.37. The van der Waals surface area contributed by atoms with Crippen LogP contribution in [0.1, 0.15) is 31.7 Å². The number of carbonyl (C=O) groups is 2. The van der Waals surface area contributed by atoms with Crippen molar-refractivity contribution in [3.63, 3.8) is 0 Å². The molecule has 1 aromatic rings. The van der Waals surface area contributed by atoms with Gasteiger partial charge in [-0.3, -0.25) is 19.9 Å². The van der Waals surface area contributed by atoms with Crippen LogP contribution in [-0.2, 0) is 19.1 Å². The van der Waals surface area contributed by atoms with E-state index >= 15 is 0 Å². The Labute approximate surface area is 175 Å². The topological polar surface area (TPSA) is 111 Å². The van der Waals surface area contributed by atoms with E-state index in [0.717, 1.165) is 6.54 Å². The zero-order valence-corrected chi connectivity index (χ0v) is 17.9. The second-order valence-corrected chi connectivity index (χ2v) is 7.37. The second-order valence-electron chi connectivity index (χ2n) is 7.37. The number of nitro groups is 1. The number of rotatable bonds is 8. The zero-order valence-electron chi connectivity index (χ0n) is 17.9. The third-order valence-electron chi connectivity index (χ3n) is 4.95. The molecule has 1 aliphatic rings. The van der Waals surface area contributed by atoms with Crippen molar-refractivity contribution in [1.82, 2.24) is 4.90 Å². The lowest BCUT2D eigenvalue weighted by Crippen LogP contribution is -2.36. The quantitative estimate of drug-likeness (QED) is 0.277. The minimum absolute atomic E-state index is 0.0805. The van der Waals surface area contributed by atoms with Gasteiger partial charge in [-0.05, 0) is 39.9 Å². The number of nitro benzene ring substituents is 1. The number of non-ortho nitro benzene ring substituents is 1. The molecule has 30 heavy (non-hydrogen) atoms. The van der Waals surface area contributed by atoms with Gasteiger partial charge in [0.05, 0.1) is 24.2 Å². The summed E-state index contributed by atoms with van der Waals surface area (Å²) >= 11 is 0. The summed E-state index contributed by atoms with van der Waals surface area (Å²) in [6, 6.07) is 5.79. The molecule has 0 bridgehead atoms. The number of aliphatic imine (C=N–C) groups is 1. The third kappa shape index (κ3) is 5.29. The molecule has 2 atom stereocenters. The molecular formula is C21H27N3O6. The highest BCUT2D eigenvalue weighted by Crippen LogP contribution is 2.40. The van der Waals surface area contributed by atoms with Gasteiger partial charge >= 0.3 is 11.9 Å². The summed E-state index contributed by atoms with van der Waals surface area (Å²) in [4.78, 5) is 42.4. The molecule has 0 fully saturated rings. The van der Waals surface area contributed by atoms with Crippen LogP contribution in [0.4, 0.5) is 5.69 Å². The average molecular weight is 417 g/mol. The van der Waals surface area contributed by atoms with Gasteiger partial charge in [-0.2, -0.15) is 0 Å². The number of nitrogens with zero attached hydrogens (tertiary/aromatic N) is 3. The molecule has 1 aliphatic heterocycles. The summed E-state index contributed by atoms with van der Waals surface area (Å²) in [5.74, 6) is -2.63. The summed E-state index contributed by atoms with van der Waals surface area (Å²) in [7, 11) is 5.13. The van der Waals surface area contributed by atoms with Gasteiger partial charge in [0.25, 0.3) is 5.69 Å². The summed E-state index contributed by atoms with van der Waals surface area (Å²) in [5.41, 5.74) is 1.71. The molecule has 0 N–H and O–H groups in total. The van der Waals surface area contributed by atoms with Crippen molar-refractivity contribution in [3.05, 3.63) is 51.2 Å². The molecule has 162 valence electrons. The standard InChI is InChI=1S/C21H27N3O6/c1-13-17(20(25)29-5)19(15-7-9-16(10-8-15)24(27)28)18(14(2)22-13)21(26)30-12-6-11-23(3)4/h7-10,17,19H,6,11-12H2,1-5H3. The molecule has 0 aliphatic carbocycles. The highest BCUT2D eigenvalue weighted by Gasteiger charge is 2.42. The Bertz CT molecular complexity index is 873. The fourth-order valence-corrected chi connectivity index (χ4v) is 3.52. The van der Waals surface area contributed by atoms with Crippen LogP contribution in [0.15, 0.2) is 40.5 Å². The molecule has 0 radical (unpaired) electrons. The van der Waals surface area contributed by atoms with E-state index in [1.165, 1.54) is 19.2 Å². The predicted molar refractivity (Wildman–Crippen MR) is 111 cm³/mol. The number of allylic oxidation sites excluding steroid dienone is 1. The van der Waals surface area contributed by atoms with E-state index in [2.05, 4.69) is 4.99 Å². The van der Waals surface area contributed by atoms with Crippen LogP contribution in [0.25, 0.3) is 0 Å². The number of carbonyl (C=O) groups excluding carboxylic acids is 2. The first-order valence-corrected chi connectivity index (χ1v) is 9.57. The molecule has 0 saturated heterocycles. The zero-order chi connectivity index (χ0) is 22.4. The lowest BCUT2D eigenvalue weighted by molar-refractivity contribution is -0.384. The molecule has 1 heterocycles. The van der Waals surface area contributed by atoms with Gasteiger partial charge in [-0.15, -0.1) is 0 Å². The Morgan fingerprint density at radius 3 is 2.37 bits per heavy atom. The number of hydrogen-bond acceptors (Lipinski definition) is 8. The fourth-order valence-electron chi connectivity index (χ4n) is 3.52. The van der Waals surface area contributed by atoms with Crippen molar-refractivity contribution in [1.29, 1.82) is 0 Å². The minimum Gasteiger partial charge on any atom is -0.468 e. The maximum absolute atomic E-state index is 13.0. The van der Waals surface area contributed by atoms with E-state index in [4.69, 9.17) is 9.47 Å². The van der Waals surface area contributed by atoms with E-state index in [9.17, 15) is 19.7 Å². The maximum atomic E-state index is 13.0. The minimum atomic E-state index is -0.829. The Balaban J connectivity index is 2.43. The average Bonchev–Trinajstić information content (AvgIpc) is 2.69.